The lowest BCUT2D eigenvalue weighted by Crippen LogP contribution is -2.44. The van der Waals surface area contributed by atoms with E-state index >= 15 is 0 Å². The molecular weight excluding hydrogens is 346 g/mol. The number of piperidine rings is 1. The molecule has 0 unspecified atom stereocenters. The summed E-state index contributed by atoms with van der Waals surface area (Å²) in [5.41, 5.74) is 0.922. The maximum atomic E-state index is 12.8. The molecule has 134 valence electrons. The molecule has 4 rings (SSSR count). The third-order valence-electron chi connectivity index (χ3n) is 5.01. The maximum Gasteiger partial charge on any atom is 0.262 e. The number of benzene rings is 1. The van der Waals surface area contributed by atoms with E-state index in [1.807, 2.05) is 41.3 Å². The number of fused-ring (bicyclic) bond motifs is 1. The number of hydrogen-bond donors (Lipinski definition) is 0. The summed E-state index contributed by atoms with van der Waals surface area (Å²) in [6.07, 6.45) is 4.73. The Balaban J connectivity index is 1.63. The fraction of sp³-hybridized carbons (Fsp3) is 0.350. The Bertz CT molecular complexity index is 993. The highest BCUT2D eigenvalue weighted by Gasteiger charge is 2.23. The van der Waals surface area contributed by atoms with Crippen molar-refractivity contribution in [1.82, 2.24) is 14.5 Å². The van der Waals surface area contributed by atoms with Crippen molar-refractivity contribution in [1.29, 1.82) is 0 Å². The SMILES string of the molecule is C[C@@H]1CCCCN1C(=O)Cn1cnc2sc(-c3ccccc3)cc2c1=O. The number of hydrogen-bond acceptors (Lipinski definition) is 4. The summed E-state index contributed by atoms with van der Waals surface area (Å²) in [7, 11) is 0. The van der Waals surface area contributed by atoms with Crippen LogP contribution in [0, 0.1) is 0 Å². The van der Waals surface area contributed by atoms with Gasteiger partial charge in [0.2, 0.25) is 5.91 Å². The van der Waals surface area contributed by atoms with Crippen LogP contribution in [0.4, 0.5) is 0 Å². The molecule has 1 aromatic carbocycles. The van der Waals surface area contributed by atoms with Crippen LogP contribution in [0.25, 0.3) is 20.7 Å². The van der Waals surface area contributed by atoms with Gasteiger partial charge in [-0.25, -0.2) is 4.98 Å². The molecular formula is C20H21N3O2S. The van der Waals surface area contributed by atoms with Crippen LogP contribution in [0.15, 0.2) is 47.5 Å². The number of amides is 1. The van der Waals surface area contributed by atoms with Crippen LogP contribution in [-0.2, 0) is 11.3 Å². The van der Waals surface area contributed by atoms with E-state index in [0.29, 0.717) is 10.2 Å². The summed E-state index contributed by atoms with van der Waals surface area (Å²) >= 11 is 1.50. The normalized spacial score (nSPS) is 17.6. The zero-order valence-corrected chi connectivity index (χ0v) is 15.5. The van der Waals surface area contributed by atoms with Crippen molar-refractivity contribution < 1.29 is 4.79 Å². The molecule has 1 amide bonds. The first-order valence-electron chi connectivity index (χ1n) is 8.97. The second-order valence-electron chi connectivity index (χ2n) is 6.81. The fourth-order valence-electron chi connectivity index (χ4n) is 3.52. The standard InChI is InChI=1S/C20H21N3O2S/c1-14-7-5-6-10-23(14)18(24)12-22-13-21-19-16(20(22)25)11-17(26-19)15-8-3-2-4-9-15/h2-4,8-9,11,13-14H,5-7,10,12H2,1H3/t14-/m1/s1. The molecule has 3 heterocycles. The number of rotatable bonds is 3. The van der Waals surface area contributed by atoms with E-state index in [1.165, 1.54) is 22.2 Å². The van der Waals surface area contributed by atoms with Gasteiger partial charge >= 0.3 is 0 Å². The van der Waals surface area contributed by atoms with Crippen molar-refractivity contribution in [2.75, 3.05) is 6.54 Å². The first-order chi connectivity index (χ1) is 12.6. The van der Waals surface area contributed by atoms with E-state index in [0.717, 1.165) is 36.2 Å². The molecule has 2 aromatic heterocycles. The third kappa shape index (κ3) is 3.17. The number of carbonyl (C=O) groups is 1. The molecule has 0 N–H and O–H groups in total. The number of thiophene rings is 1. The van der Waals surface area contributed by atoms with Gasteiger partial charge in [0.15, 0.2) is 0 Å². The highest BCUT2D eigenvalue weighted by Crippen LogP contribution is 2.30. The van der Waals surface area contributed by atoms with Gasteiger partial charge in [0.25, 0.3) is 5.56 Å². The van der Waals surface area contributed by atoms with Gasteiger partial charge in [-0.15, -0.1) is 11.3 Å². The van der Waals surface area contributed by atoms with Gasteiger partial charge in [0, 0.05) is 17.5 Å². The molecule has 0 radical (unpaired) electrons. The van der Waals surface area contributed by atoms with E-state index in [2.05, 4.69) is 11.9 Å². The number of likely N-dealkylation sites (tertiary alicyclic amines) is 1. The van der Waals surface area contributed by atoms with Gasteiger partial charge in [-0.3, -0.25) is 14.2 Å². The van der Waals surface area contributed by atoms with Crippen LogP contribution in [0.3, 0.4) is 0 Å². The average Bonchev–Trinajstić information content (AvgIpc) is 3.10. The molecule has 3 aromatic rings. The van der Waals surface area contributed by atoms with Crippen LogP contribution < -0.4 is 5.56 Å². The summed E-state index contributed by atoms with van der Waals surface area (Å²) < 4.78 is 1.44. The second-order valence-corrected chi connectivity index (χ2v) is 7.84. The molecule has 1 atom stereocenters. The van der Waals surface area contributed by atoms with Crippen molar-refractivity contribution >= 4 is 27.5 Å². The minimum Gasteiger partial charge on any atom is -0.338 e. The first-order valence-corrected chi connectivity index (χ1v) is 9.79. The highest BCUT2D eigenvalue weighted by atomic mass is 32.1. The largest absolute Gasteiger partial charge is 0.338 e. The zero-order chi connectivity index (χ0) is 18.1. The summed E-state index contributed by atoms with van der Waals surface area (Å²) in [5.74, 6) is -0.000961. The molecule has 0 spiro atoms. The van der Waals surface area contributed by atoms with E-state index < -0.39 is 0 Å². The molecule has 1 fully saturated rings. The smallest absolute Gasteiger partial charge is 0.262 e. The van der Waals surface area contributed by atoms with Gasteiger partial charge in [-0.1, -0.05) is 30.3 Å². The molecule has 1 aliphatic rings. The Labute approximate surface area is 155 Å². The molecule has 1 saturated heterocycles. The molecule has 0 saturated carbocycles. The van der Waals surface area contributed by atoms with Crippen LogP contribution in [0.5, 0.6) is 0 Å². The van der Waals surface area contributed by atoms with Crippen molar-refractivity contribution in [3.05, 3.63) is 53.1 Å². The summed E-state index contributed by atoms with van der Waals surface area (Å²) in [4.78, 5) is 33.5. The monoisotopic (exact) mass is 367 g/mol. The molecule has 0 bridgehead atoms. The predicted molar refractivity (Wildman–Crippen MR) is 104 cm³/mol. The summed E-state index contributed by atoms with van der Waals surface area (Å²) in [6, 6.07) is 12.1. The Morgan fingerprint density at radius 1 is 1.27 bits per heavy atom. The fourth-order valence-corrected chi connectivity index (χ4v) is 4.52. The van der Waals surface area contributed by atoms with Crippen LogP contribution >= 0.6 is 11.3 Å². The summed E-state index contributed by atoms with van der Waals surface area (Å²) in [5, 5.41) is 0.579. The van der Waals surface area contributed by atoms with E-state index in [9.17, 15) is 9.59 Å². The Morgan fingerprint density at radius 2 is 2.08 bits per heavy atom. The molecule has 6 heteroatoms. The lowest BCUT2D eigenvalue weighted by Gasteiger charge is -2.33. The van der Waals surface area contributed by atoms with Gasteiger partial charge < -0.3 is 4.90 Å². The Morgan fingerprint density at radius 3 is 2.85 bits per heavy atom. The molecule has 0 aliphatic carbocycles. The molecule has 5 nitrogen and oxygen atoms in total. The van der Waals surface area contributed by atoms with Crippen molar-refractivity contribution in [3.8, 4) is 10.4 Å². The van der Waals surface area contributed by atoms with Gasteiger partial charge in [0.1, 0.15) is 11.4 Å². The quantitative estimate of drug-likeness (QED) is 0.712. The lowest BCUT2D eigenvalue weighted by molar-refractivity contribution is -0.135. The zero-order valence-electron chi connectivity index (χ0n) is 14.7. The highest BCUT2D eigenvalue weighted by molar-refractivity contribution is 7.21. The molecule has 26 heavy (non-hydrogen) atoms. The second kappa shape index (κ2) is 7.03. The van der Waals surface area contributed by atoms with E-state index in [-0.39, 0.29) is 24.1 Å². The Kier molecular flexibility index (Phi) is 4.59. The van der Waals surface area contributed by atoms with Gasteiger partial charge in [-0.2, -0.15) is 0 Å². The van der Waals surface area contributed by atoms with Crippen LogP contribution in [0.2, 0.25) is 0 Å². The number of carbonyl (C=O) groups excluding carboxylic acids is 1. The summed E-state index contributed by atoms with van der Waals surface area (Å²) in [6.45, 7) is 2.91. The average molecular weight is 367 g/mol. The predicted octanol–water partition coefficient (Wildman–Crippen LogP) is 3.53. The van der Waals surface area contributed by atoms with Crippen molar-refractivity contribution in [2.45, 2.75) is 38.8 Å². The first kappa shape index (κ1) is 17.0. The van der Waals surface area contributed by atoms with Crippen LogP contribution in [0.1, 0.15) is 26.2 Å². The van der Waals surface area contributed by atoms with E-state index in [1.54, 1.807) is 0 Å². The van der Waals surface area contributed by atoms with Gasteiger partial charge in [0.05, 0.1) is 11.7 Å². The topological polar surface area (TPSA) is 55.2 Å². The van der Waals surface area contributed by atoms with Gasteiger partial charge in [-0.05, 0) is 37.8 Å². The van der Waals surface area contributed by atoms with Crippen LogP contribution in [-0.4, -0.2) is 32.9 Å². The third-order valence-corrected chi connectivity index (χ3v) is 6.10. The minimum atomic E-state index is -0.147. The number of aromatic nitrogens is 2. The maximum absolute atomic E-state index is 12.8. The Hall–Kier alpha value is -2.47. The number of nitrogens with zero attached hydrogens (tertiary/aromatic N) is 3. The minimum absolute atomic E-state index is 0.000961. The van der Waals surface area contributed by atoms with Crippen molar-refractivity contribution in [3.63, 3.8) is 0 Å². The lowest BCUT2D eigenvalue weighted by atomic mass is 10.0. The van der Waals surface area contributed by atoms with Crippen molar-refractivity contribution in [2.24, 2.45) is 0 Å². The molecule has 1 aliphatic heterocycles. The van der Waals surface area contributed by atoms with E-state index in [4.69, 9.17) is 0 Å².